The lowest BCUT2D eigenvalue weighted by molar-refractivity contribution is -0.119. The van der Waals surface area contributed by atoms with Gasteiger partial charge in [0.2, 0.25) is 5.91 Å². The van der Waals surface area contributed by atoms with Gasteiger partial charge in [-0.05, 0) is 12.1 Å². The summed E-state index contributed by atoms with van der Waals surface area (Å²) in [4.78, 5) is 31.5. The molecule has 0 aliphatic carbocycles. The molecular formula is C17H22N4O6. The largest absolute Gasteiger partial charge is 0.483 e. The molecule has 1 fully saturated rings. The first-order valence-electron chi connectivity index (χ1n) is 8.52. The highest BCUT2D eigenvalue weighted by molar-refractivity contribution is 6.01. The van der Waals surface area contributed by atoms with Crippen LogP contribution >= 0.6 is 0 Å². The van der Waals surface area contributed by atoms with Crippen LogP contribution in [0.25, 0.3) is 0 Å². The maximum atomic E-state index is 12.1. The van der Waals surface area contributed by atoms with E-state index < -0.39 is 12.2 Å². The van der Waals surface area contributed by atoms with E-state index in [1.165, 1.54) is 11.8 Å². The topological polar surface area (TPSA) is 113 Å². The van der Waals surface area contributed by atoms with Crippen LogP contribution in [0.15, 0.2) is 23.4 Å². The minimum atomic E-state index is -0.464. The van der Waals surface area contributed by atoms with Crippen molar-refractivity contribution in [2.45, 2.75) is 13.0 Å². The number of hydrogen-bond acceptors (Lipinski definition) is 7. The van der Waals surface area contributed by atoms with Crippen molar-refractivity contribution < 1.29 is 29.0 Å². The molecule has 2 heterocycles. The molecule has 2 N–H and O–H groups in total. The number of fused-ring (bicyclic) bond motifs is 1. The number of oxime groups is 1. The third-order valence-electron chi connectivity index (χ3n) is 4.17. The van der Waals surface area contributed by atoms with Gasteiger partial charge in [0.05, 0.1) is 31.1 Å². The number of carbonyl (C=O) groups is 2. The number of nitrogens with zero attached hydrogens (tertiary/aromatic N) is 3. The van der Waals surface area contributed by atoms with Crippen molar-refractivity contribution in [3.8, 4) is 5.75 Å². The third kappa shape index (κ3) is 4.22. The highest BCUT2D eigenvalue weighted by Crippen LogP contribution is 2.36. The predicted octanol–water partition coefficient (Wildman–Crippen LogP) is 0.299. The number of hydrogen-bond donors (Lipinski definition) is 2. The van der Waals surface area contributed by atoms with E-state index in [4.69, 9.17) is 19.4 Å². The second kappa shape index (κ2) is 8.12. The van der Waals surface area contributed by atoms with Crippen LogP contribution in [0.1, 0.15) is 6.92 Å². The number of rotatable bonds is 6. The molecule has 1 aromatic carbocycles. The van der Waals surface area contributed by atoms with Crippen LogP contribution in [0, 0.1) is 0 Å². The molecule has 0 spiro atoms. The zero-order chi connectivity index (χ0) is 19.4. The molecule has 3 rings (SSSR count). The molecule has 1 aromatic rings. The van der Waals surface area contributed by atoms with Crippen molar-refractivity contribution in [3.63, 3.8) is 0 Å². The number of likely N-dealkylation sites (N-methyl/N-ethyl adjacent to an activating group) is 1. The van der Waals surface area contributed by atoms with Crippen molar-refractivity contribution >= 4 is 29.2 Å². The molecule has 27 heavy (non-hydrogen) atoms. The Kier molecular flexibility index (Phi) is 5.65. The number of anilines is 2. The van der Waals surface area contributed by atoms with E-state index in [-0.39, 0.29) is 32.3 Å². The second-order valence-electron chi connectivity index (χ2n) is 6.12. The highest BCUT2D eigenvalue weighted by Gasteiger charge is 2.33. The van der Waals surface area contributed by atoms with E-state index in [1.807, 2.05) is 18.0 Å². The van der Waals surface area contributed by atoms with E-state index in [2.05, 4.69) is 10.5 Å². The predicted molar refractivity (Wildman–Crippen MR) is 97.1 cm³/mol. The van der Waals surface area contributed by atoms with Crippen LogP contribution in [0.3, 0.4) is 0 Å². The first-order chi connectivity index (χ1) is 13.0. The molecule has 2 aliphatic rings. The number of benzene rings is 1. The fourth-order valence-electron chi connectivity index (χ4n) is 2.79. The third-order valence-corrected chi connectivity index (χ3v) is 4.17. The van der Waals surface area contributed by atoms with E-state index >= 15 is 0 Å². The lowest BCUT2D eigenvalue weighted by atomic mass is 10.2. The molecule has 10 heteroatoms. The van der Waals surface area contributed by atoms with Crippen molar-refractivity contribution in [1.29, 1.82) is 0 Å². The molecule has 0 saturated carbocycles. The summed E-state index contributed by atoms with van der Waals surface area (Å²) in [5, 5.41) is 15.3. The number of carbonyl (C=O) groups excluding carboxylic acids is 2. The van der Waals surface area contributed by atoms with Crippen LogP contribution in [0.5, 0.6) is 5.75 Å². The van der Waals surface area contributed by atoms with Gasteiger partial charge in [0, 0.05) is 20.0 Å². The molecule has 2 aliphatic heterocycles. The SMILES string of the molecule is CC(=O)NC[C@H]1CN(c2ccc3c(c2)OC/C(=N\OCCO)N3C)C(=O)O1. The van der Waals surface area contributed by atoms with Gasteiger partial charge in [0.1, 0.15) is 25.1 Å². The molecule has 0 radical (unpaired) electrons. The summed E-state index contributed by atoms with van der Waals surface area (Å²) in [6.07, 6.45) is -0.863. The average molecular weight is 378 g/mol. The molecule has 0 aromatic heterocycles. The first kappa shape index (κ1) is 18.8. The number of aliphatic hydroxyl groups is 1. The number of amides is 2. The van der Waals surface area contributed by atoms with Gasteiger partial charge in [-0.1, -0.05) is 5.16 Å². The van der Waals surface area contributed by atoms with Crippen LogP contribution in [0.2, 0.25) is 0 Å². The summed E-state index contributed by atoms with van der Waals surface area (Å²) in [5.41, 5.74) is 1.42. The second-order valence-corrected chi connectivity index (χ2v) is 6.12. The first-order valence-corrected chi connectivity index (χ1v) is 8.52. The van der Waals surface area contributed by atoms with Crippen molar-refractivity contribution in [1.82, 2.24) is 5.32 Å². The van der Waals surface area contributed by atoms with E-state index in [0.29, 0.717) is 23.8 Å². The molecule has 0 bridgehead atoms. The molecular weight excluding hydrogens is 356 g/mol. The van der Waals surface area contributed by atoms with Gasteiger partial charge in [0.15, 0.2) is 5.84 Å². The number of nitrogens with one attached hydrogen (secondary N) is 1. The van der Waals surface area contributed by atoms with Crippen LogP contribution < -0.4 is 19.9 Å². The van der Waals surface area contributed by atoms with E-state index in [1.54, 1.807) is 12.1 Å². The van der Waals surface area contributed by atoms with Crippen LogP contribution in [-0.2, 0) is 14.4 Å². The maximum absolute atomic E-state index is 12.1. The smallest absolute Gasteiger partial charge is 0.414 e. The summed E-state index contributed by atoms with van der Waals surface area (Å²) in [6, 6.07) is 5.37. The average Bonchev–Trinajstić information content (AvgIpc) is 3.02. The Labute approximate surface area is 156 Å². The number of aliphatic hydroxyl groups excluding tert-OH is 1. The van der Waals surface area contributed by atoms with E-state index in [9.17, 15) is 9.59 Å². The number of amidine groups is 1. The van der Waals surface area contributed by atoms with Gasteiger partial charge in [-0.15, -0.1) is 0 Å². The minimum Gasteiger partial charge on any atom is -0.483 e. The summed E-state index contributed by atoms with van der Waals surface area (Å²) < 4.78 is 11.0. The molecule has 2 amide bonds. The normalized spacial score (nSPS) is 20.2. The minimum absolute atomic E-state index is 0.111. The lowest BCUT2D eigenvalue weighted by Crippen LogP contribution is -2.36. The number of cyclic esters (lactones) is 1. The lowest BCUT2D eigenvalue weighted by Gasteiger charge is -2.29. The van der Waals surface area contributed by atoms with E-state index in [0.717, 1.165) is 5.69 Å². The summed E-state index contributed by atoms with van der Waals surface area (Å²) >= 11 is 0. The van der Waals surface area contributed by atoms with Gasteiger partial charge in [-0.25, -0.2) is 4.79 Å². The monoisotopic (exact) mass is 378 g/mol. The van der Waals surface area contributed by atoms with Crippen molar-refractivity contribution in [2.75, 3.05) is 49.8 Å². The summed E-state index contributed by atoms with van der Waals surface area (Å²) in [7, 11) is 1.83. The molecule has 10 nitrogen and oxygen atoms in total. The molecule has 1 saturated heterocycles. The summed E-state index contributed by atoms with van der Waals surface area (Å²) in [6.45, 7) is 2.23. The quantitative estimate of drug-likeness (QED) is 0.541. The Balaban J connectivity index is 1.71. The number of ether oxygens (including phenoxy) is 2. The molecule has 146 valence electrons. The van der Waals surface area contributed by atoms with Crippen LogP contribution in [-0.4, -0.2) is 69.0 Å². The van der Waals surface area contributed by atoms with Gasteiger partial charge < -0.3 is 29.6 Å². The van der Waals surface area contributed by atoms with Gasteiger partial charge in [-0.3, -0.25) is 9.69 Å². The van der Waals surface area contributed by atoms with Gasteiger partial charge in [0.25, 0.3) is 0 Å². The Morgan fingerprint density at radius 2 is 2.30 bits per heavy atom. The van der Waals surface area contributed by atoms with Gasteiger partial charge in [-0.2, -0.15) is 0 Å². The Morgan fingerprint density at radius 3 is 3.04 bits per heavy atom. The summed E-state index contributed by atoms with van der Waals surface area (Å²) in [5.74, 6) is 1.00. The van der Waals surface area contributed by atoms with Crippen LogP contribution in [0.4, 0.5) is 16.2 Å². The maximum Gasteiger partial charge on any atom is 0.414 e. The Morgan fingerprint density at radius 1 is 1.48 bits per heavy atom. The zero-order valence-corrected chi connectivity index (χ0v) is 15.2. The Hall–Kier alpha value is -3.01. The zero-order valence-electron chi connectivity index (χ0n) is 15.2. The fraction of sp³-hybridized carbons (Fsp3) is 0.471. The Bertz CT molecular complexity index is 753. The molecule has 0 unspecified atom stereocenters. The van der Waals surface area contributed by atoms with Crippen molar-refractivity contribution in [2.24, 2.45) is 5.16 Å². The fourth-order valence-corrected chi connectivity index (χ4v) is 2.79. The standard InChI is InChI=1S/C17H22N4O6/c1-11(23)18-8-13-9-21(17(24)27-13)12-3-4-14-15(7-12)25-10-16(20(14)2)19-26-6-5-22/h3-4,7,13,22H,5-6,8-10H2,1-2H3,(H,18,23)/b19-16+/t13-/m0/s1. The van der Waals surface area contributed by atoms with Crippen molar-refractivity contribution in [3.05, 3.63) is 18.2 Å². The molecule has 1 atom stereocenters. The van der Waals surface area contributed by atoms with Gasteiger partial charge >= 0.3 is 6.09 Å². The highest BCUT2D eigenvalue weighted by atomic mass is 16.6.